The van der Waals surface area contributed by atoms with Gasteiger partial charge >= 0.3 is 5.97 Å². The van der Waals surface area contributed by atoms with E-state index in [0.717, 1.165) is 0 Å². The highest BCUT2D eigenvalue weighted by Crippen LogP contribution is 2.18. The van der Waals surface area contributed by atoms with Crippen molar-refractivity contribution in [3.05, 3.63) is 11.4 Å². The summed E-state index contributed by atoms with van der Waals surface area (Å²) in [6, 6.07) is -1.10. The molecule has 0 aliphatic rings. The van der Waals surface area contributed by atoms with Gasteiger partial charge in [-0.3, -0.25) is 14.3 Å². The number of aromatic nitrogens is 2. The highest BCUT2D eigenvalue weighted by atomic mass is 32.2. The fraction of sp³-hybridized carbons (Fsp3) is 0.545. The van der Waals surface area contributed by atoms with E-state index in [1.807, 2.05) is 0 Å². The van der Waals surface area contributed by atoms with E-state index in [1.54, 1.807) is 20.9 Å². The van der Waals surface area contributed by atoms with Gasteiger partial charge < -0.3 is 10.4 Å². The Morgan fingerprint density at radius 1 is 1.38 bits per heavy atom. The zero-order valence-electron chi connectivity index (χ0n) is 12.2. The topological polar surface area (TPSA) is 130 Å². The normalized spacial score (nSPS) is 13.0. The molecule has 118 valence electrons. The summed E-state index contributed by atoms with van der Waals surface area (Å²) in [7, 11) is -2.31. The first-order chi connectivity index (χ1) is 9.56. The van der Waals surface area contributed by atoms with Crippen LogP contribution in [0.3, 0.4) is 0 Å². The molecule has 3 N–H and O–H groups in total. The molecule has 0 radical (unpaired) electrons. The summed E-state index contributed by atoms with van der Waals surface area (Å²) in [5.41, 5.74) is 0.763. The van der Waals surface area contributed by atoms with Gasteiger partial charge in [-0.1, -0.05) is 0 Å². The van der Waals surface area contributed by atoms with Crippen LogP contribution in [0.15, 0.2) is 4.90 Å². The van der Waals surface area contributed by atoms with Gasteiger partial charge in [-0.2, -0.15) is 9.82 Å². The number of carbonyl (C=O) groups excluding carboxylic acids is 1. The predicted molar refractivity (Wildman–Crippen MR) is 73.1 cm³/mol. The molecule has 1 amide bonds. The van der Waals surface area contributed by atoms with E-state index in [1.165, 1.54) is 11.6 Å². The Kier molecular flexibility index (Phi) is 5.07. The van der Waals surface area contributed by atoms with Crippen LogP contribution in [0.4, 0.5) is 0 Å². The summed E-state index contributed by atoms with van der Waals surface area (Å²) in [6.45, 7) is 3.91. The van der Waals surface area contributed by atoms with Gasteiger partial charge in [0, 0.05) is 7.05 Å². The predicted octanol–water partition coefficient (Wildman–Crippen LogP) is -1.10. The minimum atomic E-state index is -3.93. The summed E-state index contributed by atoms with van der Waals surface area (Å²) in [5.74, 6) is -1.93. The molecule has 1 heterocycles. The van der Waals surface area contributed by atoms with Crippen molar-refractivity contribution in [1.29, 1.82) is 0 Å². The molecule has 0 bridgehead atoms. The average molecular weight is 318 g/mol. The molecule has 0 saturated heterocycles. The third kappa shape index (κ3) is 4.02. The van der Waals surface area contributed by atoms with Gasteiger partial charge in [0.05, 0.1) is 17.4 Å². The third-order valence-corrected chi connectivity index (χ3v) is 4.64. The number of aryl methyl sites for hydroxylation is 2. The lowest BCUT2D eigenvalue weighted by atomic mass is 10.3. The van der Waals surface area contributed by atoms with Gasteiger partial charge in [0.1, 0.15) is 11.4 Å². The lowest BCUT2D eigenvalue weighted by Gasteiger charge is -2.13. The molecule has 1 unspecified atom stereocenters. The van der Waals surface area contributed by atoms with E-state index < -0.39 is 34.5 Å². The van der Waals surface area contributed by atoms with Gasteiger partial charge in [0.2, 0.25) is 15.9 Å². The van der Waals surface area contributed by atoms with E-state index in [-0.39, 0.29) is 4.90 Å². The van der Waals surface area contributed by atoms with Crippen LogP contribution in [0.5, 0.6) is 0 Å². The second-order valence-corrected chi connectivity index (χ2v) is 6.23. The van der Waals surface area contributed by atoms with Crippen LogP contribution in [0.1, 0.15) is 18.3 Å². The zero-order chi connectivity index (χ0) is 16.4. The number of hydrogen-bond donors (Lipinski definition) is 3. The molecule has 1 aromatic heterocycles. The number of aliphatic carboxylic acids is 1. The molecule has 0 saturated carbocycles. The number of sulfonamides is 1. The molecule has 0 aliphatic heterocycles. The largest absolute Gasteiger partial charge is 0.480 e. The van der Waals surface area contributed by atoms with Gasteiger partial charge in [0.25, 0.3) is 0 Å². The Morgan fingerprint density at radius 3 is 2.38 bits per heavy atom. The van der Waals surface area contributed by atoms with Gasteiger partial charge in [0.15, 0.2) is 0 Å². The van der Waals surface area contributed by atoms with E-state index in [4.69, 9.17) is 5.11 Å². The average Bonchev–Trinajstić information content (AvgIpc) is 2.59. The molecule has 21 heavy (non-hydrogen) atoms. The Balaban J connectivity index is 2.90. The van der Waals surface area contributed by atoms with Crippen molar-refractivity contribution in [3.63, 3.8) is 0 Å². The number of amides is 1. The molecule has 10 heteroatoms. The van der Waals surface area contributed by atoms with Crippen molar-refractivity contribution in [2.45, 2.75) is 31.7 Å². The van der Waals surface area contributed by atoms with Gasteiger partial charge in [-0.25, -0.2) is 8.42 Å². The smallest absolute Gasteiger partial charge is 0.322 e. The van der Waals surface area contributed by atoms with Crippen LogP contribution >= 0.6 is 0 Å². The standard InChI is InChI=1S/C11H18N4O5S/c1-6-10(8(3)15(4)13-6)21(19,20)14-7(2)11(18)12-5-9(16)17/h7,14H,5H2,1-4H3,(H,12,18)(H,16,17). The van der Waals surface area contributed by atoms with Crippen LogP contribution in [-0.2, 0) is 26.7 Å². The molecular weight excluding hydrogens is 300 g/mol. The fourth-order valence-corrected chi connectivity index (χ4v) is 3.45. The molecule has 1 rings (SSSR count). The van der Waals surface area contributed by atoms with Crippen molar-refractivity contribution in [3.8, 4) is 0 Å². The summed E-state index contributed by atoms with van der Waals surface area (Å²) in [4.78, 5) is 22.0. The minimum Gasteiger partial charge on any atom is -0.480 e. The van der Waals surface area contributed by atoms with Crippen molar-refractivity contribution >= 4 is 21.9 Å². The van der Waals surface area contributed by atoms with E-state index >= 15 is 0 Å². The first-order valence-corrected chi connectivity index (χ1v) is 7.56. The molecule has 0 spiro atoms. The van der Waals surface area contributed by atoms with Gasteiger partial charge in [-0.05, 0) is 20.8 Å². The van der Waals surface area contributed by atoms with Crippen LogP contribution in [0.25, 0.3) is 0 Å². The maximum absolute atomic E-state index is 12.3. The lowest BCUT2D eigenvalue weighted by molar-refractivity contribution is -0.138. The summed E-state index contributed by atoms with van der Waals surface area (Å²) < 4.78 is 28.2. The van der Waals surface area contributed by atoms with Crippen molar-refractivity contribution in [1.82, 2.24) is 19.8 Å². The van der Waals surface area contributed by atoms with Crippen molar-refractivity contribution in [2.24, 2.45) is 7.05 Å². The molecule has 0 fully saturated rings. The van der Waals surface area contributed by atoms with E-state index in [9.17, 15) is 18.0 Å². The molecule has 0 aliphatic carbocycles. The number of carboxylic acid groups (broad SMARTS) is 1. The van der Waals surface area contributed by atoms with Crippen LogP contribution in [-0.4, -0.2) is 47.8 Å². The van der Waals surface area contributed by atoms with Crippen molar-refractivity contribution < 1.29 is 23.1 Å². The Morgan fingerprint density at radius 2 is 1.95 bits per heavy atom. The number of rotatable bonds is 6. The molecule has 1 atom stereocenters. The SMILES string of the molecule is Cc1nn(C)c(C)c1S(=O)(=O)NC(C)C(=O)NCC(=O)O. The van der Waals surface area contributed by atoms with E-state index in [0.29, 0.717) is 11.4 Å². The molecule has 9 nitrogen and oxygen atoms in total. The van der Waals surface area contributed by atoms with E-state index in [2.05, 4.69) is 15.1 Å². The molecular formula is C11H18N4O5S. The van der Waals surface area contributed by atoms with Gasteiger partial charge in [-0.15, -0.1) is 0 Å². The first kappa shape index (κ1) is 17.1. The first-order valence-electron chi connectivity index (χ1n) is 6.08. The second kappa shape index (κ2) is 6.22. The number of nitrogens with one attached hydrogen (secondary N) is 2. The highest BCUT2D eigenvalue weighted by Gasteiger charge is 2.27. The molecule has 0 aromatic carbocycles. The maximum Gasteiger partial charge on any atom is 0.322 e. The summed E-state index contributed by atoms with van der Waals surface area (Å²) in [6.07, 6.45) is 0. The fourth-order valence-electron chi connectivity index (χ4n) is 1.80. The van der Waals surface area contributed by atoms with Crippen molar-refractivity contribution in [2.75, 3.05) is 6.54 Å². The molecule has 1 aromatic rings. The quantitative estimate of drug-likeness (QED) is 0.610. The second-order valence-electron chi connectivity index (χ2n) is 4.58. The van der Waals surface area contributed by atoms with Crippen LogP contribution in [0, 0.1) is 13.8 Å². The minimum absolute atomic E-state index is 0.0166. The number of nitrogens with zero attached hydrogens (tertiary/aromatic N) is 2. The maximum atomic E-state index is 12.3. The third-order valence-electron chi connectivity index (χ3n) is 2.85. The highest BCUT2D eigenvalue weighted by molar-refractivity contribution is 7.89. The Hall–Kier alpha value is -1.94. The summed E-state index contributed by atoms with van der Waals surface area (Å²) >= 11 is 0. The number of carboxylic acids is 1. The summed E-state index contributed by atoms with van der Waals surface area (Å²) in [5, 5.41) is 14.6. The lowest BCUT2D eigenvalue weighted by Crippen LogP contribution is -2.46. The number of carbonyl (C=O) groups is 2. The monoisotopic (exact) mass is 318 g/mol. The van der Waals surface area contributed by atoms with Crippen LogP contribution < -0.4 is 10.0 Å². The Labute approximate surface area is 122 Å². The Bertz CT molecular complexity index is 664. The number of hydrogen-bond acceptors (Lipinski definition) is 5. The zero-order valence-corrected chi connectivity index (χ0v) is 13.0. The van der Waals surface area contributed by atoms with Crippen LogP contribution in [0.2, 0.25) is 0 Å².